The number of rotatable bonds is 6. The summed E-state index contributed by atoms with van der Waals surface area (Å²) in [6.45, 7) is 25.5. The molecule has 1 aliphatic rings. The molecule has 1 unspecified atom stereocenters. The summed E-state index contributed by atoms with van der Waals surface area (Å²) in [4.78, 5) is 5.17. The monoisotopic (exact) mass is 598 g/mol. The molecule has 0 bridgehead atoms. The zero-order chi connectivity index (χ0) is 32.8. The van der Waals surface area contributed by atoms with E-state index < -0.39 is 0 Å². The van der Waals surface area contributed by atoms with Gasteiger partial charge in [-0.15, -0.1) is 6.58 Å². The topological polar surface area (TPSA) is 17.3 Å². The molecule has 236 valence electrons. The molecule has 1 atom stereocenters. The fraction of sp³-hybridized carbons (Fsp3) is 0.372. The van der Waals surface area contributed by atoms with Gasteiger partial charge >= 0.3 is 0 Å². The van der Waals surface area contributed by atoms with Crippen molar-refractivity contribution in [3.05, 3.63) is 112 Å². The largest absolute Gasteiger partial charge is 0.292 e. The van der Waals surface area contributed by atoms with Crippen LogP contribution in [0.2, 0.25) is 0 Å². The number of aromatic nitrogens is 2. The number of hydrogen-bond acceptors (Lipinski definition) is 1. The zero-order valence-electron chi connectivity index (χ0n) is 29.6. The molecule has 0 fully saturated rings. The highest BCUT2D eigenvalue weighted by Gasteiger charge is 2.21. The average Bonchev–Trinajstić information content (AvgIpc) is 3.46. The molecule has 6 rings (SSSR count). The van der Waals surface area contributed by atoms with Crippen molar-refractivity contribution in [1.29, 1.82) is 0 Å². The van der Waals surface area contributed by atoms with E-state index in [-0.39, 0.29) is 0 Å². The van der Waals surface area contributed by atoms with Crippen LogP contribution in [0.1, 0.15) is 114 Å². The van der Waals surface area contributed by atoms with Gasteiger partial charge in [-0.05, 0) is 111 Å². The van der Waals surface area contributed by atoms with Gasteiger partial charge in [-0.2, -0.15) is 0 Å². The Morgan fingerprint density at radius 1 is 0.933 bits per heavy atom. The van der Waals surface area contributed by atoms with E-state index in [9.17, 15) is 0 Å². The van der Waals surface area contributed by atoms with Crippen molar-refractivity contribution >= 4 is 32.9 Å². The van der Waals surface area contributed by atoms with E-state index in [0.29, 0.717) is 5.92 Å². The third-order valence-corrected chi connectivity index (χ3v) is 9.26. The summed E-state index contributed by atoms with van der Waals surface area (Å²) in [6, 6.07) is 18.5. The second kappa shape index (κ2) is 14.9. The number of nitrogens with zero attached hydrogens (tertiary/aromatic N) is 2. The van der Waals surface area contributed by atoms with Gasteiger partial charge in [0.1, 0.15) is 5.65 Å². The molecule has 0 amide bonds. The van der Waals surface area contributed by atoms with Crippen molar-refractivity contribution in [3.8, 4) is 11.3 Å². The Morgan fingerprint density at radius 3 is 2.24 bits per heavy atom. The number of hydrogen-bond donors (Lipinski definition) is 0. The highest BCUT2D eigenvalue weighted by molar-refractivity contribution is 6.14. The predicted molar refractivity (Wildman–Crippen MR) is 201 cm³/mol. The van der Waals surface area contributed by atoms with Gasteiger partial charge in [-0.1, -0.05) is 107 Å². The van der Waals surface area contributed by atoms with Gasteiger partial charge in [0.05, 0.1) is 17.4 Å². The predicted octanol–water partition coefficient (Wildman–Crippen LogP) is 13.3. The van der Waals surface area contributed by atoms with E-state index in [4.69, 9.17) is 4.98 Å². The summed E-state index contributed by atoms with van der Waals surface area (Å²) in [7, 11) is 0. The van der Waals surface area contributed by atoms with Crippen LogP contribution in [-0.4, -0.2) is 9.38 Å². The van der Waals surface area contributed by atoms with Gasteiger partial charge in [0.25, 0.3) is 0 Å². The molecule has 0 saturated heterocycles. The Morgan fingerprint density at radius 2 is 1.64 bits per heavy atom. The molecule has 0 spiro atoms. The van der Waals surface area contributed by atoms with Crippen molar-refractivity contribution in [3.63, 3.8) is 0 Å². The highest BCUT2D eigenvalue weighted by atomic mass is 15.0. The third-order valence-electron chi connectivity index (χ3n) is 9.26. The first kappa shape index (κ1) is 34.0. The van der Waals surface area contributed by atoms with Gasteiger partial charge in [0.2, 0.25) is 0 Å². The van der Waals surface area contributed by atoms with E-state index in [0.717, 1.165) is 31.3 Å². The first-order valence-corrected chi connectivity index (χ1v) is 17.1. The van der Waals surface area contributed by atoms with E-state index in [2.05, 4.69) is 127 Å². The number of benzene rings is 3. The van der Waals surface area contributed by atoms with Crippen molar-refractivity contribution in [1.82, 2.24) is 9.38 Å². The standard InChI is InChI=1S/C36H38N2.C5H10.C2H6/c1-8-22(3)28-13-10-14-30-29-16-15-27(33-23(4)11-9-12-24(33)5)19-31(29)38-32(20-37-36(38)35(28)30)34-25(6)17-21(2)18-26(34)7;1-3-5-4-2;1-2/h10-11,13-20,22H,8-9,12H2,1-7H3;3H,1,4-5H2,2H3;1-2H3. The molecule has 0 N–H and O–H groups in total. The lowest BCUT2D eigenvalue weighted by atomic mass is 9.86. The summed E-state index contributed by atoms with van der Waals surface area (Å²) in [5, 5.41) is 3.88. The van der Waals surface area contributed by atoms with Crippen LogP contribution in [0.4, 0.5) is 0 Å². The van der Waals surface area contributed by atoms with Gasteiger partial charge in [-0.3, -0.25) is 4.40 Å². The van der Waals surface area contributed by atoms with Gasteiger partial charge in [0.15, 0.2) is 0 Å². The van der Waals surface area contributed by atoms with Crippen molar-refractivity contribution in [2.24, 2.45) is 0 Å². The van der Waals surface area contributed by atoms with Crippen LogP contribution in [0.5, 0.6) is 0 Å². The van der Waals surface area contributed by atoms with Crippen LogP contribution < -0.4 is 0 Å². The number of fused-ring (bicyclic) bond motifs is 6. The van der Waals surface area contributed by atoms with Crippen LogP contribution in [0.3, 0.4) is 0 Å². The fourth-order valence-electron chi connectivity index (χ4n) is 7.05. The van der Waals surface area contributed by atoms with E-state index >= 15 is 0 Å². The minimum Gasteiger partial charge on any atom is -0.292 e. The lowest BCUT2D eigenvalue weighted by Crippen LogP contribution is -2.02. The second-order valence-electron chi connectivity index (χ2n) is 12.5. The normalized spacial score (nSPS) is 13.7. The lowest BCUT2D eigenvalue weighted by Gasteiger charge is -2.21. The fourth-order valence-corrected chi connectivity index (χ4v) is 7.05. The molecule has 1 aliphatic carbocycles. The molecule has 0 saturated carbocycles. The van der Waals surface area contributed by atoms with Crippen molar-refractivity contribution < 1.29 is 0 Å². The quantitative estimate of drug-likeness (QED) is 0.140. The number of unbranched alkanes of at least 4 members (excludes halogenated alkanes) is 1. The van der Waals surface area contributed by atoms with Crippen LogP contribution in [0.25, 0.3) is 44.2 Å². The van der Waals surface area contributed by atoms with Crippen LogP contribution in [0, 0.1) is 20.8 Å². The Labute approximate surface area is 272 Å². The maximum Gasteiger partial charge on any atom is 0.145 e. The molecule has 3 aromatic carbocycles. The SMILES string of the molecule is C=CCCC.CC.CCC(C)c1cccc2c3ccc(C4=C(C)CCC=C4C)cc3n3c(-c4c(C)cc(C)cc4C)cnc3c12. The third kappa shape index (κ3) is 6.57. The van der Waals surface area contributed by atoms with Crippen LogP contribution in [0.15, 0.2) is 84.6 Å². The van der Waals surface area contributed by atoms with Crippen LogP contribution >= 0.6 is 0 Å². The van der Waals surface area contributed by atoms with Crippen molar-refractivity contribution in [2.45, 2.75) is 107 Å². The number of aryl methyl sites for hydroxylation is 3. The summed E-state index contributed by atoms with van der Waals surface area (Å²) >= 11 is 0. The van der Waals surface area contributed by atoms with E-state index in [1.165, 1.54) is 83.9 Å². The molecule has 2 nitrogen and oxygen atoms in total. The molecule has 0 radical (unpaired) electrons. The molecular weight excluding hydrogens is 544 g/mol. The maximum atomic E-state index is 5.17. The number of imidazole rings is 1. The highest BCUT2D eigenvalue weighted by Crippen LogP contribution is 2.41. The summed E-state index contributed by atoms with van der Waals surface area (Å²) in [5.74, 6) is 0.463. The average molecular weight is 599 g/mol. The van der Waals surface area contributed by atoms with Gasteiger partial charge in [-0.25, -0.2) is 4.98 Å². The molecule has 45 heavy (non-hydrogen) atoms. The molecule has 2 heteroatoms. The summed E-state index contributed by atoms with van der Waals surface area (Å²) in [6.07, 6.45) is 12.2. The number of pyridine rings is 1. The Hall–Kier alpha value is -3.91. The van der Waals surface area contributed by atoms with Gasteiger partial charge < -0.3 is 0 Å². The summed E-state index contributed by atoms with van der Waals surface area (Å²) in [5.41, 5.74) is 15.6. The smallest absolute Gasteiger partial charge is 0.145 e. The molecule has 5 aromatic rings. The minimum absolute atomic E-state index is 0.463. The van der Waals surface area contributed by atoms with Gasteiger partial charge in [0, 0.05) is 16.3 Å². The first-order valence-electron chi connectivity index (χ1n) is 17.1. The van der Waals surface area contributed by atoms with Crippen LogP contribution in [-0.2, 0) is 0 Å². The number of allylic oxidation sites excluding steroid dienone is 5. The second-order valence-corrected chi connectivity index (χ2v) is 12.5. The first-order chi connectivity index (χ1) is 21.7. The van der Waals surface area contributed by atoms with Crippen molar-refractivity contribution in [2.75, 3.05) is 0 Å². The minimum atomic E-state index is 0.463. The summed E-state index contributed by atoms with van der Waals surface area (Å²) < 4.78 is 2.45. The van der Waals surface area contributed by atoms with E-state index in [1.807, 2.05) is 19.9 Å². The Kier molecular flexibility index (Phi) is 11.3. The lowest BCUT2D eigenvalue weighted by molar-refractivity contribution is 0.740. The molecular formula is C43H54N2. The molecule has 2 aromatic heterocycles. The Bertz CT molecular complexity index is 1870. The molecule has 2 heterocycles. The maximum absolute atomic E-state index is 5.17. The Balaban J connectivity index is 0.000000602. The zero-order valence-corrected chi connectivity index (χ0v) is 29.6. The van der Waals surface area contributed by atoms with E-state index in [1.54, 1.807) is 0 Å². The molecule has 0 aliphatic heterocycles.